The van der Waals surface area contributed by atoms with Gasteiger partial charge in [-0.3, -0.25) is 5.43 Å². The van der Waals surface area contributed by atoms with Gasteiger partial charge in [-0.15, -0.1) is 11.3 Å². The molecule has 3 aromatic carbocycles. The molecule has 32 heavy (non-hydrogen) atoms. The van der Waals surface area contributed by atoms with E-state index in [-0.39, 0.29) is 0 Å². The zero-order valence-corrected chi connectivity index (χ0v) is 19.1. The second kappa shape index (κ2) is 10.7. The number of hydrazone groups is 1. The van der Waals surface area contributed by atoms with E-state index in [0.29, 0.717) is 5.84 Å². The van der Waals surface area contributed by atoms with Crippen LogP contribution in [0.4, 0.5) is 5.69 Å². The number of para-hydroxylation sites is 1. The highest BCUT2D eigenvalue weighted by molar-refractivity contribution is 7.20. The molecule has 0 fully saturated rings. The standard InChI is InChI=1S/C26H26N4OS/c1-3-4-17-31-22-15-11-20(12-16-22)18-27-30-25(28-21-13-9-19(2)10-14-21)26-29-23-7-5-6-8-24(23)32-26/h5-16,18H,3-4,17H2,1-2H3,(H,28,30). The third kappa shape index (κ3) is 5.80. The Morgan fingerprint density at radius 1 is 1.03 bits per heavy atom. The minimum absolute atomic E-state index is 0.617. The van der Waals surface area contributed by atoms with Gasteiger partial charge in [-0.1, -0.05) is 43.2 Å². The van der Waals surface area contributed by atoms with Crippen molar-refractivity contribution in [3.8, 4) is 5.75 Å². The Morgan fingerprint density at radius 2 is 1.81 bits per heavy atom. The molecule has 4 rings (SSSR count). The fourth-order valence-corrected chi connectivity index (χ4v) is 3.90. The summed E-state index contributed by atoms with van der Waals surface area (Å²) in [6.45, 7) is 4.96. The van der Waals surface area contributed by atoms with Crippen molar-refractivity contribution in [3.63, 3.8) is 0 Å². The molecule has 0 radical (unpaired) electrons. The molecule has 0 aliphatic carbocycles. The second-order valence-corrected chi connectivity index (χ2v) is 8.45. The summed E-state index contributed by atoms with van der Waals surface area (Å²) in [5.41, 5.74) is 7.07. The van der Waals surface area contributed by atoms with Crippen molar-refractivity contribution in [3.05, 3.63) is 88.9 Å². The molecule has 1 heterocycles. The molecule has 4 aromatic rings. The highest BCUT2D eigenvalue weighted by Gasteiger charge is 2.10. The summed E-state index contributed by atoms with van der Waals surface area (Å²) in [5.74, 6) is 1.49. The van der Waals surface area contributed by atoms with Crippen LogP contribution in [0, 0.1) is 6.92 Å². The number of benzene rings is 3. The number of hydrogen-bond acceptors (Lipinski definition) is 5. The van der Waals surface area contributed by atoms with E-state index in [4.69, 9.17) is 14.7 Å². The second-order valence-electron chi connectivity index (χ2n) is 7.42. The largest absolute Gasteiger partial charge is 0.494 e. The molecule has 0 amide bonds. The van der Waals surface area contributed by atoms with E-state index in [1.807, 2.05) is 66.7 Å². The smallest absolute Gasteiger partial charge is 0.183 e. The number of nitrogens with one attached hydrogen (secondary N) is 1. The normalized spacial score (nSPS) is 11.9. The van der Waals surface area contributed by atoms with Crippen LogP contribution < -0.4 is 10.2 Å². The van der Waals surface area contributed by atoms with Crippen molar-refractivity contribution >= 4 is 39.3 Å². The summed E-state index contributed by atoms with van der Waals surface area (Å²) in [7, 11) is 0. The molecule has 0 aliphatic heterocycles. The molecule has 0 aliphatic rings. The Morgan fingerprint density at radius 3 is 2.56 bits per heavy atom. The quantitative estimate of drug-likeness (QED) is 0.147. The average molecular weight is 443 g/mol. The maximum atomic E-state index is 5.72. The summed E-state index contributed by atoms with van der Waals surface area (Å²) < 4.78 is 6.83. The van der Waals surface area contributed by atoms with Gasteiger partial charge in [-0.25, -0.2) is 9.98 Å². The number of aliphatic imine (C=N–C) groups is 1. The first-order valence-corrected chi connectivity index (χ1v) is 11.6. The molecular formula is C26H26N4OS. The minimum atomic E-state index is 0.617. The molecule has 0 saturated heterocycles. The van der Waals surface area contributed by atoms with Crippen LogP contribution in [-0.2, 0) is 0 Å². The number of aryl methyl sites for hydroxylation is 1. The Hall–Kier alpha value is -3.51. The Kier molecular flexibility index (Phi) is 7.25. The van der Waals surface area contributed by atoms with E-state index >= 15 is 0 Å². The first-order valence-electron chi connectivity index (χ1n) is 10.7. The van der Waals surface area contributed by atoms with E-state index in [0.717, 1.165) is 51.7 Å². The number of rotatable bonds is 8. The van der Waals surface area contributed by atoms with Gasteiger partial charge >= 0.3 is 0 Å². The first kappa shape index (κ1) is 21.7. The van der Waals surface area contributed by atoms with Gasteiger partial charge < -0.3 is 4.74 Å². The molecule has 1 aromatic heterocycles. The molecule has 5 nitrogen and oxygen atoms in total. The van der Waals surface area contributed by atoms with Gasteiger partial charge in [0, 0.05) is 0 Å². The summed E-state index contributed by atoms with van der Waals surface area (Å²) in [4.78, 5) is 9.51. The lowest BCUT2D eigenvalue weighted by Gasteiger charge is -2.05. The number of ether oxygens (including phenoxy) is 1. The summed E-state index contributed by atoms with van der Waals surface area (Å²) in [5, 5.41) is 5.22. The third-order valence-electron chi connectivity index (χ3n) is 4.80. The van der Waals surface area contributed by atoms with Gasteiger partial charge in [-0.05, 0) is 67.4 Å². The van der Waals surface area contributed by atoms with Gasteiger partial charge in [0.1, 0.15) is 5.75 Å². The number of amidine groups is 1. The van der Waals surface area contributed by atoms with E-state index in [1.54, 1.807) is 17.6 Å². The fraction of sp³-hybridized carbons (Fsp3) is 0.192. The highest BCUT2D eigenvalue weighted by Crippen LogP contribution is 2.23. The molecule has 0 atom stereocenters. The predicted octanol–water partition coefficient (Wildman–Crippen LogP) is 6.49. The topological polar surface area (TPSA) is 58.9 Å². The minimum Gasteiger partial charge on any atom is -0.494 e. The van der Waals surface area contributed by atoms with Crippen LogP contribution in [0.1, 0.15) is 35.9 Å². The highest BCUT2D eigenvalue weighted by atomic mass is 32.1. The third-order valence-corrected chi connectivity index (χ3v) is 5.85. The van der Waals surface area contributed by atoms with Crippen molar-refractivity contribution in [1.29, 1.82) is 0 Å². The maximum Gasteiger partial charge on any atom is 0.183 e. The number of aromatic nitrogens is 1. The number of thiazole rings is 1. The summed E-state index contributed by atoms with van der Waals surface area (Å²) >= 11 is 1.59. The van der Waals surface area contributed by atoms with Crippen LogP contribution in [0.5, 0.6) is 5.75 Å². The number of nitrogens with zero attached hydrogens (tertiary/aromatic N) is 3. The van der Waals surface area contributed by atoms with Crippen LogP contribution in [0.3, 0.4) is 0 Å². The van der Waals surface area contributed by atoms with Crippen molar-refractivity contribution < 1.29 is 4.74 Å². The summed E-state index contributed by atoms with van der Waals surface area (Å²) in [6, 6.07) is 24.0. The Balaban J connectivity index is 1.53. The van der Waals surface area contributed by atoms with E-state index in [1.165, 1.54) is 5.56 Å². The molecule has 1 N–H and O–H groups in total. The van der Waals surface area contributed by atoms with Gasteiger partial charge in [0.05, 0.1) is 28.7 Å². The number of fused-ring (bicyclic) bond motifs is 1. The lowest BCUT2D eigenvalue weighted by molar-refractivity contribution is 0.309. The van der Waals surface area contributed by atoms with Crippen molar-refractivity contribution in [2.24, 2.45) is 10.1 Å². The van der Waals surface area contributed by atoms with Crippen LogP contribution in [0.25, 0.3) is 10.2 Å². The van der Waals surface area contributed by atoms with Crippen LogP contribution in [0.2, 0.25) is 0 Å². The van der Waals surface area contributed by atoms with Crippen LogP contribution in [-0.4, -0.2) is 23.6 Å². The molecule has 0 saturated carbocycles. The zero-order valence-electron chi connectivity index (χ0n) is 18.3. The van der Waals surface area contributed by atoms with Gasteiger partial charge in [0.2, 0.25) is 0 Å². The van der Waals surface area contributed by atoms with Crippen molar-refractivity contribution in [1.82, 2.24) is 10.4 Å². The number of unbranched alkanes of at least 4 members (excludes halogenated alkanes) is 1. The molecule has 0 spiro atoms. The molecule has 162 valence electrons. The summed E-state index contributed by atoms with van der Waals surface area (Å²) in [6.07, 6.45) is 3.95. The van der Waals surface area contributed by atoms with Gasteiger partial charge in [0.25, 0.3) is 0 Å². The maximum absolute atomic E-state index is 5.72. The van der Waals surface area contributed by atoms with E-state index in [9.17, 15) is 0 Å². The SMILES string of the molecule is CCCCOc1ccc(C=NNC(=Nc2ccc(C)cc2)c2nc3ccccc3s2)cc1. The van der Waals surface area contributed by atoms with Crippen LogP contribution >= 0.6 is 11.3 Å². The average Bonchev–Trinajstić information content (AvgIpc) is 3.25. The van der Waals surface area contributed by atoms with Gasteiger partial charge in [0.15, 0.2) is 10.8 Å². The van der Waals surface area contributed by atoms with E-state index in [2.05, 4.69) is 30.4 Å². The fourth-order valence-electron chi connectivity index (χ4n) is 2.99. The predicted molar refractivity (Wildman–Crippen MR) is 135 cm³/mol. The zero-order chi connectivity index (χ0) is 22.2. The molecule has 6 heteroatoms. The van der Waals surface area contributed by atoms with E-state index < -0.39 is 0 Å². The lowest BCUT2D eigenvalue weighted by atomic mass is 10.2. The molecule has 0 unspecified atom stereocenters. The monoisotopic (exact) mass is 442 g/mol. The Labute approximate surface area is 192 Å². The molecule has 0 bridgehead atoms. The first-order chi connectivity index (χ1) is 15.7. The lowest BCUT2D eigenvalue weighted by Crippen LogP contribution is -2.18. The Bertz CT molecular complexity index is 1180. The van der Waals surface area contributed by atoms with Crippen LogP contribution in [0.15, 0.2) is 82.9 Å². The van der Waals surface area contributed by atoms with Crippen molar-refractivity contribution in [2.45, 2.75) is 26.7 Å². The van der Waals surface area contributed by atoms with Crippen molar-refractivity contribution in [2.75, 3.05) is 6.61 Å². The van der Waals surface area contributed by atoms with Gasteiger partial charge in [-0.2, -0.15) is 5.10 Å². The number of hydrogen-bond donors (Lipinski definition) is 1. The molecular weight excluding hydrogens is 416 g/mol.